The molecule has 9 rings (SSSR count). The maximum Gasteiger partial charge on any atom is 0.262 e. The summed E-state index contributed by atoms with van der Waals surface area (Å²) in [7, 11) is -3.39. The number of aromatic nitrogens is 5. The number of carbonyl (C=O) groups excluding carboxylic acids is 5. The van der Waals surface area contributed by atoms with Crippen LogP contribution in [0, 0.1) is 17.2 Å². The number of rotatable bonds is 13. The van der Waals surface area contributed by atoms with E-state index in [1.165, 1.54) is 4.31 Å². The number of nitriles is 1. The van der Waals surface area contributed by atoms with Crippen molar-refractivity contribution in [3.05, 3.63) is 83.8 Å². The van der Waals surface area contributed by atoms with Crippen molar-refractivity contribution in [1.82, 2.24) is 44.6 Å². The number of anilines is 3. The van der Waals surface area contributed by atoms with E-state index in [0.717, 1.165) is 48.3 Å². The number of nitrogens with zero attached hydrogens (tertiary/aromatic N) is 8. The van der Waals surface area contributed by atoms with Gasteiger partial charge in [0.15, 0.2) is 0 Å². The van der Waals surface area contributed by atoms with Crippen LogP contribution in [0.15, 0.2) is 67.1 Å². The van der Waals surface area contributed by atoms with Crippen molar-refractivity contribution in [1.29, 1.82) is 5.26 Å². The fourth-order valence-corrected chi connectivity index (χ4v) is 10.1. The van der Waals surface area contributed by atoms with Crippen LogP contribution >= 0.6 is 0 Å². The van der Waals surface area contributed by atoms with E-state index in [4.69, 9.17) is 4.98 Å². The molecule has 0 bridgehead atoms. The SMILES string of the molecule is CCS(=O)(=O)N1CC(CC#N)(n2cc(-c3nc(Nc4ccc(C(=O)NCCC5CCN(c6ccc7c(c6)C(=O)N(C6CCC(=O)NC6=O)C7=O)CC5)cc4)nc4[nH]ccc34)cn2)C1. The van der Waals surface area contributed by atoms with E-state index in [9.17, 15) is 37.7 Å². The molecule has 4 N–H and O–H groups in total. The van der Waals surface area contributed by atoms with Crippen LogP contribution in [0.1, 0.15) is 76.5 Å². The van der Waals surface area contributed by atoms with Gasteiger partial charge in [-0.2, -0.15) is 19.6 Å². The molecule has 0 radical (unpaired) electrons. The normalized spacial score (nSPS) is 19.1. The minimum absolute atomic E-state index is 0.0163. The molecule has 0 saturated carbocycles. The number of amides is 5. The quantitative estimate of drug-likeness (QED) is 0.124. The maximum atomic E-state index is 13.3. The second-order valence-electron chi connectivity index (χ2n) is 16.4. The van der Waals surface area contributed by atoms with E-state index in [0.29, 0.717) is 46.6 Å². The molecule has 5 amide bonds. The molecule has 20 heteroatoms. The zero-order valence-electron chi connectivity index (χ0n) is 34.3. The van der Waals surface area contributed by atoms with Crippen molar-refractivity contribution in [2.45, 2.75) is 57.0 Å². The number of fused-ring (bicyclic) bond motifs is 2. The number of aromatic amines is 1. The first-order valence-corrected chi connectivity index (χ1v) is 22.5. The van der Waals surface area contributed by atoms with Gasteiger partial charge in [0.05, 0.1) is 41.3 Å². The monoisotopic (exact) mass is 872 g/mol. The van der Waals surface area contributed by atoms with Gasteiger partial charge in [0.25, 0.3) is 17.7 Å². The van der Waals surface area contributed by atoms with Crippen molar-refractivity contribution in [3.63, 3.8) is 0 Å². The predicted molar refractivity (Wildman–Crippen MR) is 229 cm³/mol. The topological polar surface area (TPSA) is 248 Å². The third kappa shape index (κ3) is 7.78. The molecule has 3 fully saturated rings. The van der Waals surface area contributed by atoms with Crippen molar-refractivity contribution in [2.75, 3.05) is 48.7 Å². The fourth-order valence-electron chi connectivity index (χ4n) is 8.86. The molecule has 7 heterocycles. The molecule has 1 atom stereocenters. The van der Waals surface area contributed by atoms with E-state index in [2.05, 4.69) is 42.0 Å². The van der Waals surface area contributed by atoms with Gasteiger partial charge in [-0.3, -0.25) is 38.9 Å². The number of hydrogen-bond donors (Lipinski definition) is 4. The van der Waals surface area contributed by atoms with Gasteiger partial charge in [-0.05, 0) is 87.1 Å². The fraction of sp³-hybridized carbons (Fsp3) is 0.372. The first kappa shape index (κ1) is 41.4. The molecule has 3 saturated heterocycles. The molecule has 63 heavy (non-hydrogen) atoms. The average molecular weight is 873 g/mol. The standard InChI is InChI=1S/C43H44N12O7S/c1-2-63(61,62)53-24-43(25-53,15-16-44)54-23-28(22-47-54)36-32-12-18-45-37(32)51-42(50-36)48-29-5-3-27(4-6-29)38(57)46-17-11-26-13-19-52(20-14-26)30-7-8-31-33(21-30)41(60)55(40(31)59)34-9-10-35(56)49-39(34)58/h3-8,12,18,21-23,26,34H,2,9-11,13-15,17,19-20,24-25H2,1H3,(H,46,57)(H,49,56,58)(H2,45,48,50,51). The van der Waals surface area contributed by atoms with Crippen LogP contribution in [-0.2, 0) is 25.2 Å². The largest absolute Gasteiger partial charge is 0.371 e. The second kappa shape index (κ2) is 16.4. The van der Waals surface area contributed by atoms with Crippen LogP contribution in [-0.4, -0.2) is 116 Å². The lowest BCUT2D eigenvalue weighted by molar-refractivity contribution is -0.136. The lowest BCUT2D eigenvalue weighted by atomic mass is 9.89. The molecule has 3 aromatic heterocycles. The summed E-state index contributed by atoms with van der Waals surface area (Å²) in [5.41, 5.74) is 3.58. The summed E-state index contributed by atoms with van der Waals surface area (Å²) in [5.74, 6) is -1.62. The summed E-state index contributed by atoms with van der Waals surface area (Å²) in [6.07, 6.45) is 8.03. The van der Waals surface area contributed by atoms with E-state index < -0.39 is 45.2 Å². The number of H-pyrrole nitrogens is 1. The average Bonchev–Trinajstić information content (AvgIpc) is 4.01. The molecular weight excluding hydrogens is 829 g/mol. The summed E-state index contributed by atoms with van der Waals surface area (Å²) in [6, 6.07) is 15.2. The summed E-state index contributed by atoms with van der Waals surface area (Å²) in [5, 5.41) is 23.4. The maximum absolute atomic E-state index is 13.3. The highest BCUT2D eigenvalue weighted by Gasteiger charge is 2.50. The lowest BCUT2D eigenvalue weighted by Gasteiger charge is -2.47. The summed E-state index contributed by atoms with van der Waals surface area (Å²) < 4.78 is 27.9. The third-order valence-corrected chi connectivity index (χ3v) is 14.3. The molecule has 324 valence electrons. The van der Waals surface area contributed by atoms with Crippen LogP contribution < -0.4 is 20.9 Å². The second-order valence-corrected chi connectivity index (χ2v) is 18.6. The number of benzene rings is 2. The lowest BCUT2D eigenvalue weighted by Crippen LogP contribution is -2.64. The number of carbonyl (C=O) groups is 5. The number of nitrogens with one attached hydrogen (secondary N) is 4. The Hall–Kier alpha value is -6.98. The molecular formula is C43H44N12O7S. The van der Waals surface area contributed by atoms with E-state index in [1.54, 1.807) is 66.6 Å². The Morgan fingerprint density at radius 3 is 2.48 bits per heavy atom. The molecule has 5 aromatic rings. The minimum atomic E-state index is -3.39. The zero-order chi connectivity index (χ0) is 44.0. The van der Waals surface area contributed by atoms with E-state index in [1.807, 2.05) is 12.1 Å². The van der Waals surface area contributed by atoms with Gasteiger partial charge in [-0.1, -0.05) is 0 Å². The van der Waals surface area contributed by atoms with Crippen LogP contribution in [0.25, 0.3) is 22.3 Å². The first-order chi connectivity index (χ1) is 30.4. The Bertz CT molecular complexity index is 2820. The Balaban J connectivity index is 0.772. The summed E-state index contributed by atoms with van der Waals surface area (Å²) in [4.78, 5) is 79.3. The number of hydrogen-bond acceptors (Lipinski definition) is 13. The third-order valence-electron chi connectivity index (χ3n) is 12.5. The predicted octanol–water partition coefficient (Wildman–Crippen LogP) is 3.28. The van der Waals surface area contributed by atoms with Gasteiger partial charge in [0, 0.05) is 79.4 Å². The Labute approximate surface area is 361 Å². The molecule has 19 nitrogen and oxygen atoms in total. The van der Waals surface area contributed by atoms with Crippen molar-refractivity contribution in [3.8, 4) is 17.3 Å². The van der Waals surface area contributed by atoms with Gasteiger partial charge in [0.2, 0.25) is 27.8 Å². The molecule has 2 aromatic carbocycles. The Morgan fingerprint density at radius 1 is 0.984 bits per heavy atom. The highest BCUT2D eigenvalue weighted by atomic mass is 32.2. The van der Waals surface area contributed by atoms with Gasteiger partial charge < -0.3 is 20.5 Å². The Morgan fingerprint density at radius 2 is 1.75 bits per heavy atom. The first-order valence-electron chi connectivity index (χ1n) is 20.9. The van der Waals surface area contributed by atoms with E-state index >= 15 is 0 Å². The molecule has 4 aliphatic rings. The molecule has 1 unspecified atom stereocenters. The van der Waals surface area contributed by atoms with Crippen molar-refractivity contribution < 1.29 is 32.4 Å². The highest BCUT2D eigenvalue weighted by molar-refractivity contribution is 7.89. The summed E-state index contributed by atoms with van der Waals surface area (Å²) in [6.45, 7) is 3.91. The van der Waals surface area contributed by atoms with Crippen molar-refractivity contribution in [2.24, 2.45) is 5.92 Å². The highest BCUT2D eigenvalue weighted by Crippen LogP contribution is 2.37. The number of piperidine rings is 2. The molecule has 4 aliphatic heterocycles. The van der Waals surface area contributed by atoms with Gasteiger partial charge in [-0.15, -0.1) is 0 Å². The molecule has 0 aliphatic carbocycles. The smallest absolute Gasteiger partial charge is 0.262 e. The van der Waals surface area contributed by atoms with Gasteiger partial charge >= 0.3 is 0 Å². The van der Waals surface area contributed by atoms with E-state index in [-0.39, 0.29) is 55.1 Å². The van der Waals surface area contributed by atoms with Crippen molar-refractivity contribution >= 4 is 67.9 Å². The summed E-state index contributed by atoms with van der Waals surface area (Å²) >= 11 is 0. The molecule has 0 spiro atoms. The minimum Gasteiger partial charge on any atom is -0.371 e. The Kier molecular flexibility index (Phi) is 10.8. The van der Waals surface area contributed by atoms with Crippen LogP contribution in [0.5, 0.6) is 0 Å². The number of imide groups is 2. The zero-order valence-corrected chi connectivity index (χ0v) is 35.2. The van der Waals surface area contributed by atoms with Crippen LogP contribution in [0.3, 0.4) is 0 Å². The van der Waals surface area contributed by atoms with Gasteiger partial charge in [-0.25, -0.2) is 13.4 Å². The number of sulfonamides is 1. The van der Waals surface area contributed by atoms with Crippen LogP contribution in [0.4, 0.5) is 17.3 Å². The van der Waals surface area contributed by atoms with Crippen LogP contribution in [0.2, 0.25) is 0 Å². The van der Waals surface area contributed by atoms with Gasteiger partial charge in [0.1, 0.15) is 17.2 Å².